The van der Waals surface area contributed by atoms with E-state index in [-0.39, 0.29) is 13.0 Å². The fourth-order valence-electron chi connectivity index (χ4n) is 1.74. The molecule has 0 spiro atoms. The average molecular weight is 264 g/mol. The van der Waals surface area contributed by atoms with Gasteiger partial charge in [0, 0.05) is 12.6 Å². The molecule has 96 valence electrons. The van der Waals surface area contributed by atoms with Gasteiger partial charge in [-0.3, -0.25) is 9.69 Å². The third-order valence-electron chi connectivity index (χ3n) is 2.67. The van der Waals surface area contributed by atoms with Crippen molar-refractivity contribution in [2.75, 3.05) is 6.61 Å². The first kappa shape index (κ1) is 12.8. The van der Waals surface area contributed by atoms with Gasteiger partial charge in [0.2, 0.25) is 0 Å². The molecular formula is C9H13FN2O4S. The number of aliphatic hydroxyl groups excluding tert-OH is 2. The van der Waals surface area contributed by atoms with E-state index in [1.165, 1.54) is 0 Å². The van der Waals surface area contributed by atoms with Gasteiger partial charge in [-0.2, -0.15) is 0 Å². The number of thioether (sulfide) groups is 1. The van der Waals surface area contributed by atoms with E-state index in [1.54, 1.807) is 0 Å². The largest absolute Gasteiger partial charge is 0.394 e. The van der Waals surface area contributed by atoms with Crippen LogP contribution < -0.4 is 5.73 Å². The molecule has 2 rings (SSSR count). The van der Waals surface area contributed by atoms with Crippen LogP contribution in [0.2, 0.25) is 0 Å². The average Bonchev–Trinajstić information content (AvgIpc) is 2.65. The summed E-state index contributed by atoms with van der Waals surface area (Å²) in [5.74, 6) is -0.625. The number of amides is 1. The summed E-state index contributed by atoms with van der Waals surface area (Å²) in [7, 11) is 0. The number of hydrogen-bond acceptors (Lipinski definition) is 6. The molecule has 4 atom stereocenters. The van der Waals surface area contributed by atoms with Gasteiger partial charge in [-0.1, -0.05) is 0 Å². The maximum absolute atomic E-state index is 13.3. The summed E-state index contributed by atoms with van der Waals surface area (Å²) in [6.45, 7) is -0.349. The molecule has 17 heavy (non-hydrogen) atoms. The minimum Gasteiger partial charge on any atom is -0.394 e. The lowest BCUT2D eigenvalue weighted by molar-refractivity contribution is -0.0517. The molecule has 0 aromatic heterocycles. The molecule has 4 N–H and O–H groups in total. The molecule has 1 unspecified atom stereocenters. The molecule has 0 bridgehead atoms. The SMILES string of the molecule is NC1SC(=O)N([C@H]2C[C@H](O)[C@@H](CO)O2)C=C1F. The molecule has 0 aromatic carbocycles. The van der Waals surface area contributed by atoms with Gasteiger partial charge in [0.25, 0.3) is 5.24 Å². The zero-order valence-corrected chi connectivity index (χ0v) is 9.64. The van der Waals surface area contributed by atoms with Crippen LogP contribution >= 0.6 is 11.8 Å². The third kappa shape index (κ3) is 2.45. The Hall–Kier alpha value is -0.670. The summed E-state index contributed by atoms with van der Waals surface area (Å²) in [5.41, 5.74) is 5.35. The predicted molar refractivity (Wildman–Crippen MR) is 58.4 cm³/mol. The van der Waals surface area contributed by atoms with Crippen molar-refractivity contribution in [1.82, 2.24) is 4.90 Å². The van der Waals surface area contributed by atoms with Gasteiger partial charge in [-0.25, -0.2) is 4.39 Å². The molecule has 0 radical (unpaired) electrons. The molecule has 6 nitrogen and oxygen atoms in total. The molecule has 0 aromatic rings. The van der Waals surface area contributed by atoms with Gasteiger partial charge < -0.3 is 20.7 Å². The number of rotatable bonds is 2. The molecule has 0 saturated carbocycles. The van der Waals surface area contributed by atoms with Crippen molar-refractivity contribution in [2.24, 2.45) is 5.73 Å². The van der Waals surface area contributed by atoms with Crippen LogP contribution in [-0.2, 0) is 4.74 Å². The molecule has 1 fully saturated rings. The molecule has 1 saturated heterocycles. The topological polar surface area (TPSA) is 96.0 Å². The molecule has 8 heteroatoms. The standard InChI is InChI=1S/C9H13FN2O4S/c10-4-2-12(9(15)17-8(4)11)7-1-5(14)6(3-13)16-7/h2,5-8,13-14H,1,3,11H2/t5-,6+,7+,8?/m0/s1. The van der Waals surface area contributed by atoms with Crippen LogP contribution in [0.3, 0.4) is 0 Å². The molecule has 0 aliphatic carbocycles. The summed E-state index contributed by atoms with van der Waals surface area (Å²) >= 11 is 0.652. The highest BCUT2D eigenvalue weighted by Gasteiger charge is 2.40. The zero-order valence-electron chi connectivity index (χ0n) is 8.82. The molecule has 2 aliphatic heterocycles. The highest BCUT2D eigenvalue weighted by atomic mass is 32.2. The monoisotopic (exact) mass is 264 g/mol. The van der Waals surface area contributed by atoms with Gasteiger partial charge in [0.1, 0.15) is 23.5 Å². The Morgan fingerprint density at radius 1 is 1.71 bits per heavy atom. The van der Waals surface area contributed by atoms with Crippen molar-refractivity contribution in [3.05, 3.63) is 12.0 Å². The predicted octanol–water partition coefficient (Wildman–Crippen LogP) is -0.281. The molecule has 2 aliphatic rings. The Bertz CT molecular complexity index is 354. The van der Waals surface area contributed by atoms with E-state index in [0.717, 1.165) is 11.1 Å². The van der Waals surface area contributed by atoms with Gasteiger partial charge in [-0.15, -0.1) is 0 Å². The van der Waals surface area contributed by atoms with E-state index in [1.807, 2.05) is 0 Å². The minimum atomic E-state index is -0.987. The third-order valence-corrected chi connectivity index (χ3v) is 3.56. The highest BCUT2D eigenvalue weighted by molar-refractivity contribution is 8.14. The van der Waals surface area contributed by atoms with E-state index in [4.69, 9.17) is 15.6 Å². The first-order valence-corrected chi connectivity index (χ1v) is 5.97. The lowest BCUT2D eigenvalue weighted by Crippen LogP contribution is -2.40. The van der Waals surface area contributed by atoms with Crippen LogP contribution in [-0.4, -0.2) is 50.8 Å². The summed E-state index contributed by atoms with van der Waals surface area (Å²) < 4.78 is 18.5. The van der Waals surface area contributed by atoms with E-state index >= 15 is 0 Å². The second-order valence-electron chi connectivity index (χ2n) is 3.84. The van der Waals surface area contributed by atoms with Crippen molar-refractivity contribution < 1.29 is 24.1 Å². The fraction of sp³-hybridized carbons (Fsp3) is 0.667. The van der Waals surface area contributed by atoms with E-state index in [0.29, 0.717) is 11.8 Å². The quantitative estimate of drug-likeness (QED) is 0.635. The second-order valence-corrected chi connectivity index (χ2v) is 4.93. The number of carbonyl (C=O) groups excluding carboxylic acids is 1. The van der Waals surface area contributed by atoms with Crippen LogP contribution in [0.15, 0.2) is 12.0 Å². The van der Waals surface area contributed by atoms with Crippen molar-refractivity contribution in [2.45, 2.75) is 30.2 Å². The summed E-state index contributed by atoms with van der Waals surface area (Å²) in [4.78, 5) is 12.7. The summed E-state index contributed by atoms with van der Waals surface area (Å²) in [6, 6.07) is 0. The number of nitrogens with zero attached hydrogens (tertiary/aromatic N) is 1. The first-order chi connectivity index (χ1) is 8.02. The van der Waals surface area contributed by atoms with Crippen LogP contribution in [0.25, 0.3) is 0 Å². The van der Waals surface area contributed by atoms with Crippen molar-refractivity contribution in [3.8, 4) is 0 Å². The number of nitrogens with two attached hydrogens (primary N) is 1. The van der Waals surface area contributed by atoms with Crippen LogP contribution in [0.4, 0.5) is 9.18 Å². The summed E-state index contributed by atoms with van der Waals surface area (Å²) in [5, 5.41) is 17.0. The number of hydrogen-bond donors (Lipinski definition) is 3. The lowest BCUT2D eigenvalue weighted by Gasteiger charge is -2.29. The Morgan fingerprint density at radius 2 is 2.41 bits per heavy atom. The number of aliphatic hydroxyl groups is 2. The second kappa shape index (κ2) is 4.91. The van der Waals surface area contributed by atoms with Crippen molar-refractivity contribution >= 4 is 17.0 Å². The Labute approximate surface area is 101 Å². The maximum atomic E-state index is 13.3. The Balaban J connectivity index is 2.11. The minimum absolute atomic E-state index is 0.135. The molecular weight excluding hydrogens is 251 g/mol. The van der Waals surface area contributed by atoms with Crippen molar-refractivity contribution in [3.63, 3.8) is 0 Å². The first-order valence-electron chi connectivity index (χ1n) is 5.09. The number of carbonyl (C=O) groups is 1. The number of halogens is 1. The zero-order chi connectivity index (χ0) is 12.6. The Kier molecular flexibility index (Phi) is 3.69. The van der Waals surface area contributed by atoms with E-state index < -0.39 is 34.9 Å². The maximum Gasteiger partial charge on any atom is 0.289 e. The van der Waals surface area contributed by atoms with E-state index in [2.05, 4.69) is 0 Å². The Morgan fingerprint density at radius 3 is 3.00 bits per heavy atom. The smallest absolute Gasteiger partial charge is 0.289 e. The number of ether oxygens (including phenoxy) is 1. The van der Waals surface area contributed by atoms with Crippen LogP contribution in [0.1, 0.15) is 6.42 Å². The van der Waals surface area contributed by atoms with E-state index in [9.17, 15) is 14.3 Å². The lowest BCUT2D eigenvalue weighted by atomic mass is 10.2. The van der Waals surface area contributed by atoms with Crippen LogP contribution in [0, 0.1) is 0 Å². The van der Waals surface area contributed by atoms with Gasteiger partial charge in [0.15, 0.2) is 0 Å². The van der Waals surface area contributed by atoms with Crippen LogP contribution in [0.5, 0.6) is 0 Å². The normalized spacial score (nSPS) is 38.5. The molecule has 1 amide bonds. The molecule has 2 heterocycles. The van der Waals surface area contributed by atoms with Gasteiger partial charge >= 0.3 is 0 Å². The fourth-order valence-corrected chi connectivity index (χ4v) is 2.42. The van der Waals surface area contributed by atoms with Crippen molar-refractivity contribution in [1.29, 1.82) is 0 Å². The van der Waals surface area contributed by atoms with Gasteiger partial charge in [0.05, 0.1) is 12.7 Å². The highest BCUT2D eigenvalue weighted by Crippen LogP contribution is 2.32. The summed E-state index contributed by atoms with van der Waals surface area (Å²) in [6.07, 6.45) is -1.25. The van der Waals surface area contributed by atoms with Gasteiger partial charge in [-0.05, 0) is 11.8 Å².